The highest BCUT2D eigenvalue weighted by Gasteiger charge is 2.18. The van der Waals surface area contributed by atoms with Crippen LogP contribution in [0.4, 0.5) is 5.95 Å². The number of carbonyl (C=O) groups excluding carboxylic acids is 2. The quantitative estimate of drug-likeness (QED) is 0.713. The molecular weight excluding hydrogens is 328 g/mol. The SMILES string of the molecule is CCOC(=O)c1n[nH]c(C(C)Nc2ncc(C(=O)OCC)c(C)n2)n1. The minimum atomic E-state index is -0.594. The van der Waals surface area contributed by atoms with Crippen molar-refractivity contribution in [3.05, 3.63) is 29.1 Å². The van der Waals surface area contributed by atoms with E-state index in [1.54, 1.807) is 27.7 Å². The maximum Gasteiger partial charge on any atom is 0.378 e. The van der Waals surface area contributed by atoms with E-state index in [4.69, 9.17) is 9.47 Å². The smallest absolute Gasteiger partial charge is 0.378 e. The van der Waals surface area contributed by atoms with Gasteiger partial charge in [0, 0.05) is 6.20 Å². The Balaban J connectivity index is 2.08. The summed E-state index contributed by atoms with van der Waals surface area (Å²) in [6.07, 6.45) is 1.40. The number of aryl methyl sites for hydroxylation is 1. The van der Waals surface area contributed by atoms with Gasteiger partial charge in [-0.05, 0) is 27.7 Å². The maximum absolute atomic E-state index is 11.8. The van der Waals surface area contributed by atoms with Crippen LogP contribution in [0.1, 0.15) is 59.3 Å². The number of carbonyl (C=O) groups is 2. The van der Waals surface area contributed by atoms with Crippen molar-refractivity contribution >= 4 is 17.9 Å². The molecule has 1 unspecified atom stereocenters. The van der Waals surface area contributed by atoms with E-state index >= 15 is 0 Å². The van der Waals surface area contributed by atoms with Crippen LogP contribution < -0.4 is 5.32 Å². The lowest BCUT2D eigenvalue weighted by molar-refractivity contribution is 0.0507. The monoisotopic (exact) mass is 348 g/mol. The van der Waals surface area contributed by atoms with Crippen LogP contribution in [-0.4, -0.2) is 50.3 Å². The highest BCUT2D eigenvalue weighted by atomic mass is 16.5. The van der Waals surface area contributed by atoms with Crippen LogP contribution in [0.15, 0.2) is 6.20 Å². The van der Waals surface area contributed by atoms with Gasteiger partial charge in [0.2, 0.25) is 5.95 Å². The molecule has 0 aliphatic rings. The lowest BCUT2D eigenvalue weighted by Gasteiger charge is -2.12. The normalized spacial score (nSPS) is 11.7. The molecule has 0 fully saturated rings. The molecular formula is C15H20N6O4. The lowest BCUT2D eigenvalue weighted by Crippen LogP contribution is -2.14. The number of aromatic nitrogens is 5. The zero-order valence-corrected chi connectivity index (χ0v) is 14.5. The first-order valence-corrected chi connectivity index (χ1v) is 7.82. The Morgan fingerprint density at radius 2 is 1.88 bits per heavy atom. The largest absolute Gasteiger partial charge is 0.462 e. The predicted molar refractivity (Wildman–Crippen MR) is 87.1 cm³/mol. The lowest BCUT2D eigenvalue weighted by atomic mass is 10.2. The summed E-state index contributed by atoms with van der Waals surface area (Å²) >= 11 is 0. The van der Waals surface area contributed by atoms with Crippen molar-refractivity contribution in [3.8, 4) is 0 Å². The van der Waals surface area contributed by atoms with Crippen molar-refractivity contribution in [1.82, 2.24) is 25.1 Å². The van der Waals surface area contributed by atoms with Crippen LogP contribution in [-0.2, 0) is 9.47 Å². The van der Waals surface area contributed by atoms with Crippen molar-refractivity contribution in [2.75, 3.05) is 18.5 Å². The highest BCUT2D eigenvalue weighted by molar-refractivity contribution is 5.90. The number of anilines is 1. The minimum absolute atomic E-state index is 0.0414. The summed E-state index contributed by atoms with van der Waals surface area (Å²) < 4.78 is 9.78. The summed E-state index contributed by atoms with van der Waals surface area (Å²) in [4.78, 5) is 35.8. The molecule has 0 spiro atoms. The molecule has 25 heavy (non-hydrogen) atoms. The minimum Gasteiger partial charge on any atom is -0.462 e. The van der Waals surface area contributed by atoms with Gasteiger partial charge in [-0.2, -0.15) is 0 Å². The second kappa shape index (κ2) is 8.18. The van der Waals surface area contributed by atoms with Crippen LogP contribution in [0.3, 0.4) is 0 Å². The Labute approximate surface area is 144 Å². The van der Waals surface area contributed by atoms with Crippen LogP contribution in [0.2, 0.25) is 0 Å². The molecule has 2 N–H and O–H groups in total. The van der Waals surface area contributed by atoms with E-state index < -0.39 is 11.9 Å². The number of H-pyrrole nitrogens is 1. The molecule has 0 saturated carbocycles. The summed E-state index contributed by atoms with van der Waals surface area (Å²) in [6.45, 7) is 7.45. The predicted octanol–water partition coefficient (Wildman–Crippen LogP) is 1.43. The molecule has 2 aromatic rings. The molecule has 0 aliphatic heterocycles. The number of nitrogens with zero attached hydrogens (tertiary/aromatic N) is 4. The number of hydrogen-bond donors (Lipinski definition) is 2. The Kier molecular flexibility index (Phi) is 5.98. The third-order valence-electron chi connectivity index (χ3n) is 3.19. The van der Waals surface area contributed by atoms with E-state index in [1.807, 2.05) is 0 Å². The van der Waals surface area contributed by atoms with Gasteiger partial charge in [-0.3, -0.25) is 5.10 Å². The second-order valence-corrected chi connectivity index (χ2v) is 5.04. The average molecular weight is 348 g/mol. The summed E-state index contributed by atoms with van der Waals surface area (Å²) in [5.41, 5.74) is 0.803. The van der Waals surface area contributed by atoms with Gasteiger partial charge in [-0.15, -0.1) is 5.10 Å². The van der Waals surface area contributed by atoms with Crippen molar-refractivity contribution in [1.29, 1.82) is 0 Å². The summed E-state index contributed by atoms with van der Waals surface area (Å²) in [7, 11) is 0. The van der Waals surface area contributed by atoms with Gasteiger partial charge in [0.15, 0.2) is 0 Å². The Morgan fingerprint density at radius 1 is 1.20 bits per heavy atom. The topological polar surface area (TPSA) is 132 Å². The highest BCUT2D eigenvalue weighted by Crippen LogP contribution is 2.15. The fourth-order valence-corrected chi connectivity index (χ4v) is 1.96. The van der Waals surface area contributed by atoms with Gasteiger partial charge in [-0.25, -0.2) is 24.5 Å². The van der Waals surface area contributed by atoms with Gasteiger partial charge in [-0.1, -0.05) is 0 Å². The van der Waals surface area contributed by atoms with E-state index in [0.717, 1.165) is 0 Å². The molecule has 10 heteroatoms. The summed E-state index contributed by atoms with van der Waals surface area (Å²) in [6, 6.07) is -0.344. The molecule has 2 heterocycles. The molecule has 0 radical (unpaired) electrons. The fourth-order valence-electron chi connectivity index (χ4n) is 1.96. The van der Waals surface area contributed by atoms with Crippen LogP contribution in [0, 0.1) is 6.92 Å². The van der Waals surface area contributed by atoms with E-state index in [2.05, 4.69) is 30.5 Å². The first-order chi connectivity index (χ1) is 12.0. The third kappa shape index (κ3) is 4.49. The van der Waals surface area contributed by atoms with E-state index in [1.165, 1.54) is 6.20 Å². The second-order valence-electron chi connectivity index (χ2n) is 5.04. The first kappa shape index (κ1) is 18.3. The molecule has 0 saturated heterocycles. The molecule has 0 amide bonds. The Bertz CT molecular complexity index is 760. The van der Waals surface area contributed by atoms with Crippen molar-refractivity contribution in [2.24, 2.45) is 0 Å². The number of rotatable bonds is 7. The third-order valence-corrected chi connectivity index (χ3v) is 3.19. The number of ether oxygens (including phenoxy) is 2. The van der Waals surface area contributed by atoms with Gasteiger partial charge in [0.1, 0.15) is 5.82 Å². The number of nitrogens with one attached hydrogen (secondary N) is 2. The molecule has 134 valence electrons. The maximum atomic E-state index is 11.8. The van der Waals surface area contributed by atoms with Crippen molar-refractivity contribution in [2.45, 2.75) is 33.7 Å². The summed E-state index contributed by atoms with van der Waals surface area (Å²) in [5, 5.41) is 9.51. The van der Waals surface area contributed by atoms with Gasteiger partial charge in [0.05, 0.1) is 30.5 Å². The van der Waals surface area contributed by atoms with Crippen LogP contribution in [0.5, 0.6) is 0 Å². The first-order valence-electron chi connectivity index (χ1n) is 7.82. The fraction of sp³-hybridized carbons (Fsp3) is 0.467. The van der Waals surface area contributed by atoms with Crippen LogP contribution in [0.25, 0.3) is 0 Å². The molecule has 0 bridgehead atoms. The zero-order valence-electron chi connectivity index (χ0n) is 14.5. The van der Waals surface area contributed by atoms with E-state index in [0.29, 0.717) is 23.0 Å². The Hall–Kier alpha value is -3.04. The zero-order chi connectivity index (χ0) is 18.4. The van der Waals surface area contributed by atoms with E-state index in [9.17, 15) is 9.59 Å². The number of hydrogen-bond acceptors (Lipinski definition) is 9. The average Bonchev–Trinajstić information content (AvgIpc) is 3.05. The Morgan fingerprint density at radius 3 is 2.52 bits per heavy atom. The standard InChI is InChI=1S/C15H20N6O4/c1-5-24-13(22)10-7-16-15(17-8(10)3)18-9(4)11-19-12(21-20-11)14(23)25-6-2/h7,9H,5-6H2,1-4H3,(H,16,17,18)(H,19,20,21). The summed E-state index contributed by atoms with van der Waals surface area (Å²) in [5.74, 6) is -0.358. The molecule has 0 aromatic carbocycles. The van der Waals surface area contributed by atoms with Gasteiger partial charge < -0.3 is 14.8 Å². The molecule has 10 nitrogen and oxygen atoms in total. The van der Waals surface area contributed by atoms with Crippen molar-refractivity contribution < 1.29 is 19.1 Å². The van der Waals surface area contributed by atoms with Crippen LogP contribution >= 0.6 is 0 Å². The van der Waals surface area contributed by atoms with Gasteiger partial charge in [0.25, 0.3) is 5.82 Å². The molecule has 2 rings (SSSR count). The van der Waals surface area contributed by atoms with E-state index in [-0.39, 0.29) is 25.1 Å². The molecule has 2 aromatic heterocycles. The van der Waals surface area contributed by atoms with Crippen molar-refractivity contribution in [3.63, 3.8) is 0 Å². The number of aromatic amines is 1. The number of esters is 2. The van der Waals surface area contributed by atoms with Gasteiger partial charge >= 0.3 is 11.9 Å². The molecule has 0 aliphatic carbocycles. The molecule has 1 atom stereocenters.